The molecule has 0 aliphatic rings. The highest BCUT2D eigenvalue weighted by Gasteiger charge is 2.20. The lowest BCUT2D eigenvalue weighted by Gasteiger charge is -2.10. The smallest absolute Gasteiger partial charge is 0.295 e. The minimum atomic E-state index is -0.671. The first-order chi connectivity index (χ1) is 15.9. The van der Waals surface area contributed by atoms with Gasteiger partial charge in [-0.25, -0.2) is 4.68 Å². The van der Waals surface area contributed by atoms with Gasteiger partial charge in [0.25, 0.3) is 11.5 Å². The van der Waals surface area contributed by atoms with E-state index >= 15 is 0 Å². The van der Waals surface area contributed by atoms with Gasteiger partial charge in [-0.3, -0.25) is 14.3 Å². The molecule has 8 heteroatoms. The Balaban J connectivity index is 1.92. The van der Waals surface area contributed by atoms with Gasteiger partial charge in [0.05, 0.1) is 25.1 Å². The second-order valence-electron chi connectivity index (χ2n) is 7.32. The predicted octanol–water partition coefficient (Wildman–Crippen LogP) is 3.83. The molecule has 0 spiro atoms. The highest BCUT2D eigenvalue weighted by atomic mass is 16.5. The molecular weight excluding hydrogens is 420 g/mol. The van der Waals surface area contributed by atoms with Crippen molar-refractivity contribution in [2.75, 3.05) is 19.0 Å². The van der Waals surface area contributed by atoms with Crippen molar-refractivity contribution < 1.29 is 14.3 Å². The number of anilines is 1. The van der Waals surface area contributed by atoms with E-state index in [1.165, 1.54) is 10.8 Å². The van der Waals surface area contributed by atoms with Crippen LogP contribution in [0.4, 0.5) is 5.69 Å². The number of aromatic nitrogens is 2. The van der Waals surface area contributed by atoms with Gasteiger partial charge >= 0.3 is 0 Å². The molecule has 0 aliphatic heterocycles. The number of hydrogen-bond donors (Lipinski definition) is 1. The summed E-state index contributed by atoms with van der Waals surface area (Å²) in [7, 11) is 3.28. The summed E-state index contributed by atoms with van der Waals surface area (Å²) < 4.78 is 14.1. The molecule has 0 unspecified atom stereocenters. The molecule has 1 heterocycles. The van der Waals surface area contributed by atoms with Gasteiger partial charge in [0.2, 0.25) is 0 Å². The summed E-state index contributed by atoms with van der Waals surface area (Å²) in [5.74, 6) is 0.413. The van der Waals surface area contributed by atoms with Crippen LogP contribution in [0.15, 0.2) is 58.9 Å². The number of rotatable bonds is 8. The number of carbonyl (C=O) groups excluding carboxylic acids is 1. The predicted molar refractivity (Wildman–Crippen MR) is 127 cm³/mol. The Bertz CT molecular complexity index is 1280. The van der Waals surface area contributed by atoms with Crippen LogP contribution in [0.25, 0.3) is 11.8 Å². The SMILES string of the molecule is CCCOc1cc(/C=C(\C#N)C(=O)Nc2c(C)n(C)n(-c3ccccc3)c2=O)ccc1OC. The molecule has 0 saturated carbocycles. The standard InChI is InChI=1S/C25H26N4O4/c1-5-13-33-22-15-18(11-12-21(22)32-4)14-19(16-26)24(30)27-23-17(2)28(3)29(25(23)31)20-9-7-6-8-10-20/h6-12,14-15H,5,13H2,1-4H3,(H,27,30)/b19-14+. The molecule has 0 atom stereocenters. The molecule has 1 aromatic heterocycles. The Morgan fingerprint density at radius 2 is 1.91 bits per heavy atom. The molecular formula is C25H26N4O4. The van der Waals surface area contributed by atoms with E-state index in [9.17, 15) is 14.9 Å². The monoisotopic (exact) mass is 446 g/mol. The first-order valence-electron chi connectivity index (χ1n) is 10.5. The van der Waals surface area contributed by atoms with Crippen LogP contribution in [0.2, 0.25) is 0 Å². The second-order valence-corrected chi connectivity index (χ2v) is 7.32. The zero-order chi connectivity index (χ0) is 24.0. The lowest BCUT2D eigenvalue weighted by atomic mass is 10.1. The van der Waals surface area contributed by atoms with E-state index in [1.54, 1.807) is 56.1 Å². The summed E-state index contributed by atoms with van der Waals surface area (Å²) in [4.78, 5) is 25.9. The molecule has 170 valence electrons. The van der Waals surface area contributed by atoms with Crippen molar-refractivity contribution in [2.45, 2.75) is 20.3 Å². The van der Waals surface area contributed by atoms with Gasteiger partial charge in [-0.05, 0) is 49.2 Å². The van der Waals surface area contributed by atoms with E-state index < -0.39 is 5.91 Å². The molecule has 2 aromatic carbocycles. The minimum Gasteiger partial charge on any atom is -0.493 e. The summed E-state index contributed by atoms with van der Waals surface area (Å²) in [5, 5.41) is 12.2. The molecule has 1 N–H and O–H groups in total. The van der Waals surface area contributed by atoms with Crippen LogP contribution in [0.3, 0.4) is 0 Å². The molecule has 0 saturated heterocycles. The Labute approximate surface area is 192 Å². The van der Waals surface area contributed by atoms with Gasteiger partial charge in [0.1, 0.15) is 17.3 Å². The number of ether oxygens (including phenoxy) is 2. The summed E-state index contributed by atoms with van der Waals surface area (Å²) >= 11 is 0. The van der Waals surface area contributed by atoms with E-state index in [2.05, 4.69) is 5.32 Å². The van der Waals surface area contributed by atoms with E-state index in [0.29, 0.717) is 35.1 Å². The Hall–Kier alpha value is -4.25. The molecule has 0 aliphatic carbocycles. The molecule has 3 rings (SSSR count). The van der Waals surface area contributed by atoms with Crippen LogP contribution >= 0.6 is 0 Å². The number of carbonyl (C=O) groups is 1. The Morgan fingerprint density at radius 3 is 2.55 bits per heavy atom. The van der Waals surface area contributed by atoms with Crippen molar-refractivity contribution in [2.24, 2.45) is 7.05 Å². The lowest BCUT2D eigenvalue weighted by Crippen LogP contribution is -2.23. The van der Waals surface area contributed by atoms with Crippen molar-refractivity contribution in [1.82, 2.24) is 9.36 Å². The number of nitrogens with zero attached hydrogens (tertiary/aromatic N) is 3. The van der Waals surface area contributed by atoms with E-state index in [1.807, 2.05) is 31.2 Å². The highest BCUT2D eigenvalue weighted by molar-refractivity contribution is 6.09. The van der Waals surface area contributed by atoms with E-state index in [4.69, 9.17) is 9.47 Å². The minimum absolute atomic E-state index is 0.120. The summed E-state index contributed by atoms with van der Waals surface area (Å²) in [6, 6.07) is 16.2. The van der Waals surface area contributed by atoms with Crippen LogP contribution in [0.5, 0.6) is 11.5 Å². The van der Waals surface area contributed by atoms with Crippen LogP contribution in [0.1, 0.15) is 24.6 Å². The molecule has 3 aromatic rings. The first-order valence-corrected chi connectivity index (χ1v) is 10.5. The van der Waals surface area contributed by atoms with Crippen molar-refractivity contribution in [1.29, 1.82) is 5.26 Å². The number of amides is 1. The van der Waals surface area contributed by atoms with Crippen LogP contribution in [-0.4, -0.2) is 29.0 Å². The molecule has 33 heavy (non-hydrogen) atoms. The fourth-order valence-electron chi connectivity index (χ4n) is 3.32. The number of nitriles is 1. The average molecular weight is 447 g/mol. The van der Waals surface area contributed by atoms with Crippen LogP contribution < -0.4 is 20.3 Å². The van der Waals surface area contributed by atoms with Crippen molar-refractivity contribution in [3.63, 3.8) is 0 Å². The van der Waals surface area contributed by atoms with Gasteiger partial charge in [-0.15, -0.1) is 0 Å². The van der Waals surface area contributed by atoms with Crippen molar-refractivity contribution >= 4 is 17.7 Å². The molecule has 0 radical (unpaired) electrons. The van der Waals surface area contributed by atoms with Crippen LogP contribution in [0, 0.1) is 18.3 Å². The summed E-state index contributed by atoms with van der Waals surface area (Å²) in [5.41, 5.74) is 1.42. The highest BCUT2D eigenvalue weighted by Crippen LogP contribution is 2.29. The van der Waals surface area contributed by atoms with Gasteiger partial charge in [-0.1, -0.05) is 31.2 Å². The summed E-state index contributed by atoms with van der Waals surface area (Å²) in [6.07, 6.45) is 2.27. The topological polar surface area (TPSA) is 98.3 Å². The van der Waals surface area contributed by atoms with Gasteiger partial charge in [0, 0.05) is 7.05 Å². The first kappa shape index (κ1) is 23.4. The van der Waals surface area contributed by atoms with E-state index in [-0.39, 0.29) is 16.8 Å². The number of nitrogens with one attached hydrogen (secondary N) is 1. The Morgan fingerprint density at radius 1 is 1.18 bits per heavy atom. The van der Waals surface area contributed by atoms with E-state index in [0.717, 1.165) is 6.42 Å². The van der Waals surface area contributed by atoms with Crippen molar-refractivity contribution in [3.8, 4) is 23.3 Å². The second kappa shape index (κ2) is 10.4. The number of para-hydroxylation sites is 1. The van der Waals surface area contributed by atoms with Crippen molar-refractivity contribution in [3.05, 3.63) is 75.7 Å². The maximum atomic E-state index is 13.0. The number of hydrogen-bond acceptors (Lipinski definition) is 5. The molecule has 0 bridgehead atoms. The maximum Gasteiger partial charge on any atom is 0.295 e. The number of methoxy groups -OCH3 is 1. The van der Waals surface area contributed by atoms with Gasteiger partial charge in [-0.2, -0.15) is 5.26 Å². The fourth-order valence-corrected chi connectivity index (χ4v) is 3.32. The quantitative estimate of drug-likeness (QED) is 0.419. The van der Waals surface area contributed by atoms with Gasteiger partial charge in [0.15, 0.2) is 11.5 Å². The Kier molecular flexibility index (Phi) is 7.36. The molecule has 1 amide bonds. The largest absolute Gasteiger partial charge is 0.493 e. The zero-order valence-electron chi connectivity index (χ0n) is 19.1. The fraction of sp³-hybridized carbons (Fsp3) is 0.240. The normalized spacial score (nSPS) is 11.1. The lowest BCUT2D eigenvalue weighted by molar-refractivity contribution is -0.112. The average Bonchev–Trinajstić information content (AvgIpc) is 3.04. The zero-order valence-corrected chi connectivity index (χ0v) is 19.1. The molecule has 8 nitrogen and oxygen atoms in total. The van der Waals surface area contributed by atoms with Crippen LogP contribution in [-0.2, 0) is 11.8 Å². The summed E-state index contributed by atoms with van der Waals surface area (Å²) in [6.45, 7) is 4.23. The number of benzene rings is 2. The third-order valence-corrected chi connectivity index (χ3v) is 5.12. The maximum absolute atomic E-state index is 13.0. The van der Waals surface area contributed by atoms with Gasteiger partial charge < -0.3 is 14.8 Å². The third kappa shape index (κ3) is 4.99. The molecule has 0 fully saturated rings. The third-order valence-electron chi connectivity index (χ3n) is 5.12.